The Morgan fingerprint density at radius 3 is 2.64 bits per heavy atom. The summed E-state index contributed by atoms with van der Waals surface area (Å²) in [6.07, 6.45) is 7.51. The summed E-state index contributed by atoms with van der Waals surface area (Å²) in [5.74, 6) is 1.07. The fourth-order valence-corrected chi connectivity index (χ4v) is 4.31. The number of benzene rings is 1. The lowest BCUT2D eigenvalue weighted by Crippen LogP contribution is -2.32. The Labute approximate surface area is 167 Å². The van der Waals surface area contributed by atoms with Crippen LogP contribution in [-0.4, -0.2) is 35.6 Å². The van der Waals surface area contributed by atoms with Gasteiger partial charge in [0.05, 0.1) is 6.04 Å². The zero-order chi connectivity index (χ0) is 19.3. The number of ether oxygens (including phenoxy) is 1. The second-order valence-electron chi connectivity index (χ2n) is 7.84. The lowest BCUT2D eigenvalue weighted by molar-refractivity contribution is 0.0919. The zero-order valence-electron chi connectivity index (χ0n) is 16.6. The third-order valence-corrected chi connectivity index (χ3v) is 5.87. The van der Waals surface area contributed by atoms with Crippen LogP contribution in [0.25, 0.3) is 0 Å². The summed E-state index contributed by atoms with van der Waals surface area (Å²) in [7, 11) is 0. The van der Waals surface area contributed by atoms with Gasteiger partial charge in [0.15, 0.2) is 0 Å². The SMILES string of the molecule is Cc1cc(N2CCCCC2)ncc1C1CCCN1C(=O)OCc1ccccc1. The minimum atomic E-state index is -0.231. The molecular formula is C23H29N3O2. The van der Waals surface area contributed by atoms with Crippen molar-refractivity contribution in [1.29, 1.82) is 0 Å². The fraction of sp³-hybridized carbons (Fsp3) is 0.478. The van der Waals surface area contributed by atoms with Crippen LogP contribution in [0.1, 0.15) is 54.8 Å². The van der Waals surface area contributed by atoms with Gasteiger partial charge in [-0.3, -0.25) is 0 Å². The molecular weight excluding hydrogens is 350 g/mol. The summed E-state index contributed by atoms with van der Waals surface area (Å²) >= 11 is 0. The average molecular weight is 380 g/mol. The summed E-state index contributed by atoms with van der Waals surface area (Å²) in [5.41, 5.74) is 3.37. The number of carbonyl (C=O) groups is 1. The number of hydrogen-bond acceptors (Lipinski definition) is 4. The predicted octanol–water partition coefficient (Wildman–Crippen LogP) is 4.85. The highest BCUT2D eigenvalue weighted by Crippen LogP contribution is 2.35. The van der Waals surface area contributed by atoms with Crippen LogP contribution in [0.2, 0.25) is 0 Å². The van der Waals surface area contributed by atoms with Gasteiger partial charge >= 0.3 is 6.09 Å². The molecule has 1 unspecified atom stereocenters. The van der Waals surface area contributed by atoms with Gasteiger partial charge in [-0.15, -0.1) is 0 Å². The maximum Gasteiger partial charge on any atom is 0.410 e. The number of aromatic nitrogens is 1. The van der Waals surface area contributed by atoms with Gasteiger partial charge in [0.2, 0.25) is 0 Å². The third kappa shape index (κ3) is 4.13. The number of piperidine rings is 1. The number of anilines is 1. The number of amides is 1. The second-order valence-corrected chi connectivity index (χ2v) is 7.84. The van der Waals surface area contributed by atoms with Crippen molar-refractivity contribution in [3.63, 3.8) is 0 Å². The Bertz CT molecular complexity index is 803. The van der Waals surface area contributed by atoms with E-state index in [0.29, 0.717) is 6.61 Å². The van der Waals surface area contributed by atoms with E-state index in [-0.39, 0.29) is 12.1 Å². The molecule has 2 aromatic rings. The number of nitrogens with zero attached hydrogens (tertiary/aromatic N) is 3. The maximum atomic E-state index is 12.7. The predicted molar refractivity (Wildman–Crippen MR) is 110 cm³/mol. The van der Waals surface area contributed by atoms with Gasteiger partial charge in [-0.25, -0.2) is 9.78 Å². The van der Waals surface area contributed by atoms with E-state index in [2.05, 4.69) is 17.9 Å². The lowest BCUT2D eigenvalue weighted by Gasteiger charge is -2.29. The second kappa shape index (κ2) is 8.63. The Hall–Kier alpha value is -2.56. The first kappa shape index (κ1) is 18.8. The van der Waals surface area contributed by atoms with Crippen molar-refractivity contribution in [1.82, 2.24) is 9.88 Å². The van der Waals surface area contributed by atoms with Gasteiger partial charge in [0.25, 0.3) is 0 Å². The number of rotatable bonds is 4. The smallest absolute Gasteiger partial charge is 0.410 e. The normalized spacial score (nSPS) is 19.7. The van der Waals surface area contributed by atoms with E-state index < -0.39 is 0 Å². The Balaban J connectivity index is 1.44. The molecule has 1 atom stereocenters. The number of pyridine rings is 1. The molecule has 5 nitrogen and oxygen atoms in total. The van der Waals surface area contributed by atoms with Crippen LogP contribution in [0.5, 0.6) is 0 Å². The Morgan fingerprint density at radius 1 is 1.11 bits per heavy atom. The number of likely N-dealkylation sites (tertiary alicyclic amines) is 1. The van der Waals surface area contributed by atoms with Crippen LogP contribution >= 0.6 is 0 Å². The molecule has 0 aliphatic carbocycles. The summed E-state index contributed by atoms with van der Waals surface area (Å²) in [6.45, 7) is 5.37. The minimum Gasteiger partial charge on any atom is -0.445 e. The van der Waals surface area contributed by atoms with Crippen molar-refractivity contribution in [2.45, 2.75) is 51.7 Å². The van der Waals surface area contributed by atoms with E-state index in [1.807, 2.05) is 41.4 Å². The third-order valence-electron chi connectivity index (χ3n) is 5.87. The minimum absolute atomic E-state index is 0.0613. The van der Waals surface area contributed by atoms with E-state index in [4.69, 9.17) is 9.72 Å². The number of aryl methyl sites for hydroxylation is 1. The molecule has 2 saturated heterocycles. The van der Waals surface area contributed by atoms with Crippen molar-refractivity contribution in [3.05, 3.63) is 59.3 Å². The molecule has 0 N–H and O–H groups in total. The first-order valence-electron chi connectivity index (χ1n) is 10.4. The summed E-state index contributed by atoms with van der Waals surface area (Å²) in [6, 6.07) is 12.1. The topological polar surface area (TPSA) is 45.7 Å². The number of hydrogen-bond donors (Lipinski definition) is 0. The van der Waals surface area contributed by atoms with Crippen molar-refractivity contribution >= 4 is 11.9 Å². The highest BCUT2D eigenvalue weighted by Gasteiger charge is 2.32. The van der Waals surface area contributed by atoms with Crippen LogP contribution in [0.4, 0.5) is 10.6 Å². The highest BCUT2D eigenvalue weighted by molar-refractivity contribution is 5.69. The maximum absolute atomic E-state index is 12.7. The standard InChI is InChI=1S/C23H29N3O2/c1-18-15-22(25-12-6-3-7-13-25)24-16-20(18)21-11-8-14-26(21)23(27)28-17-19-9-4-2-5-10-19/h2,4-5,9-10,15-16,21H,3,6-8,11-14,17H2,1H3. The molecule has 1 aromatic carbocycles. The summed E-state index contributed by atoms with van der Waals surface area (Å²) in [4.78, 5) is 21.7. The summed E-state index contributed by atoms with van der Waals surface area (Å²) < 4.78 is 5.58. The molecule has 28 heavy (non-hydrogen) atoms. The van der Waals surface area contributed by atoms with E-state index in [9.17, 15) is 4.79 Å². The Kier molecular flexibility index (Phi) is 5.79. The van der Waals surface area contributed by atoms with Crippen molar-refractivity contribution in [2.24, 2.45) is 0 Å². The molecule has 0 radical (unpaired) electrons. The highest BCUT2D eigenvalue weighted by atomic mass is 16.6. The zero-order valence-corrected chi connectivity index (χ0v) is 16.6. The largest absolute Gasteiger partial charge is 0.445 e. The average Bonchev–Trinajstić information content (AvgIpc) is 3.23. The molecule has 1 amide bonds. The van der Waals surface area contributed by atoms with Gasteiger partial charge in [-0.1, -0.05) is 30.3 Å². The molecule has 0 bridgehead atoms. The van der Waals surface area contributed by atoms with Gasteiger partial charge in [0.1, 0.15) is 12.4 Å². The van der Waals surface area contributed by atoms with Crippen molar-refractivity contribution in [3.8, 4) is 0 Å². The molecule has 2 fully saturated rings. The molecule has 0 saturated carbocycles. The molecule has 3 heterocycles. The molecule has 2 aliphatic rings. The van der Waals surface area contributed by atoms with E-state index in [0.717, 1.165) is 49.4 Å². The van der Waals surface area contributed by atoms with E-state index in [1.54, 1.807) is 0 Å². The molecule has 148 valence electrons. The van der Waals surface area contributed by atoms with Gasteiger partial charge in [0, 0.05) is 25.8 Å². The monoisotopic (exact) mass is 379 g/mol. The van der Waals surface area contributed by atoms with E-state index >= 15 is 0 Å². The summed E-state index contributed by atoms with van der Waals surface area (Å²) in [5, 5.41) is 0. The van der Waals surface area contributed by atoms with E-state index in [1.165, 1.54) is 24.8 Å². The molecule has 4 rings (SSSR count). The first-order valence-corrected chi connectivity index (χ1v) is 10.4. The first-order chi connectivity index (χ1) is 13.7. The van der Waals surface area contributed by atoms with Crippen LogP contribution in [-0.2, 0) is 11.3 Å². The van der Waals surface area contributed by atoms with Crippen LogP contribution < -0.4 is 4.90 Å². The van der Waals surface area contributed by atoms with Crippen molar-refractivity contribution < 1.29 is 9.53 Å². The molecule has 5 heteroatoms. The quantitative estimate of drug-likeness (QED) is 0.761. The van der Waals surface area contributed by atoms with Gasteiger partial charge < -0.3 is 14.5 Å². The van der Waals surface area contributed by atoms with Crippen LogP contribution in [0.3, 0.4) is 0 Å². The fourth-order valence-electron chi connectivity index (χ4n) is 4.31. The van der Waals surface area contributed by atoms with Crippen LogP contribution in [0, 0.1) is 6.92 Å². The molecule has 0 spiro atoms. The van der Waals surface area contributed by atoms with Gasteiger partial charge in [-0.05, 0) is 61.8 Å². The van der Waals surface area contributed by atoms with Crippen molar-refractivity contribution in [2.75, 3.05) is 24.5 Å². The lowest BCUT2D eigenvalue weighted by atomic mass is 10.0. The van der Waals surface area contributed by atoms with Gasteiger partial charge in [-0.2, -0.15) is 0 Å². The molecule has 1 aromatic heterocycles. The van der Waals surface area contributed by atoms with Crippen LogP contribution in [0.15, 0.2) is 42.6 Å². The number of carbonyl (C=O) groups excluding carboxylic acids is 1. The molecule has 2 aliphatic heterocycles. The Morgan fingerprint density at radius 2 is 1.89 bits per heavy atom.